The van der Waals surface area contributed by atoms with E-state index in [1.54, 1.807) is 36.4 Å². The zero-order valence-electron chi connectivity index (χ0n) is 11.2. The predicted molar refractivity (Wildman–Crippen MR) is 83.4 cm³/mol. The van der Waals surface area contributed by atoms with Gasteiger partial charge in [0.2, 0.25) is 0 Å². The summed E-state index contributed by atoms with van der Waals surface area (Å²) in [6, 6.07) is 7.73. The molecule has 0 radical (unpaired) electrons. The highest BCUT2D eigenvalue weighted by Crippen LogP contribution is 2.41. The molecule has 7 heteroatoms. The van der Waals surface area contributed by atoms with Crippen LogP contribution in [0.25, 0.3) is 5.57 Å². The zero-order valence-corrected chi connectivity index (χ0v) is 12.8. The van der Waals surface area contributed by atoms with Gasteiger partial charge in [0.1, 0.15) is 12.0 Å². The van der Waals surface area contributed by atoms with Gasteiger partial charge in [0.05, 0.1) is 5.57 Å². The van der Waals surface area contributed by atoms with E-state index in [2.05, 4.69) is 15.9 Å². The standard InChI is InChI=1S/C15H9BBrF3N2/c17-10-4-1-5-11(18)14(10)15-12-6-2-8-21(12)16(19,20)22-9-3-7-13(15)22/h1-9H. The van der Waals surface area contributed by atoms with E-state index < -0.39 is 12.8 Å². The fraction of sp³-hybridized carbons (Fsp3) is 0. The first kappa shape index (κ1) is 13.6. The highest BCUT2D eigenvalue weighted by molar-refractivity contribution is 9.10. The molecule has 0 saturated heterocycles. The monoisotopic (exact) mass is 364 g/mol. The second-order valence-corrected chi connectivity index (χ2v) is 6.02. The number of benzene rings is 1. The van der Waals surface area contributed by atoms with Gasteiger partial charge >= 0.3 is 6.97 Å². The second-order valence-electron chi connectivity index (χ2n) is 5.16. The Kier molecular flexibility index (Phi) is 2.78. The molecule has 1 aromatic heterocycles. The molecule has 2 aliphatic heterocycles. The molecule has 22 heavy (non-hydrogen) atoms. The lowest BCUT2D eigenvalue weighted by Crippen LogP contribution is -2.49. The smallest absolute Gasteiger partial charge is 0.396 e. The number of aromatic nitrogens is 1. The Morgan fingerprint density at radius 3 is 2.73 bits per heavy atom. The number of fused-ring (bicyclic) bond motifs is 2. The fourth-order valence-corrected chi connectivity index (χ4v) is 3.55. The van der Waals surface area contributed by atoms with Crippen molar-refractivity contribution >= 4 is 34.7 Å². The van der Waals surface area contributed by atoms with Crippen LogP contribution >= 0.6 is 15.9 Å². The molecule has 4 rings (SSSR count). The van der Waals surface area contributed by atoms with Crippen LogP contribution in [0.15, 0.2) is 58.9 Å². The van der Waals surface area contributed by atoms with Crippen molar-refractivity contribution in [3.63, 3.8) is 0 Å². The summed E-state index contributed by atoms with van der Waals surface area (Å²) in [5.74, 6) is -0.456. The van der Waals surface area contributed by atoms with E-state index in [9.17, 15) is 13.0 Å². The maximum absolute atomic E-state index is 14.6. The van der Waals surface area contributed by atoms with E-state index in [0.717, 1.165) is 8.96 Å². The van der Waals surface area contributed by atoms with Crippen LogP contribution in [0.2, 0.25) is 0 Å². The highest BCUT2D eigenvalue weighted by atomic mass is 79.9. The molecule has 0 amide bonds. The molecule has 2 aliphatic rings. The summed E-state index contributed by atoms with van der Waals surface area (Å²) >= 11 is 3.33. The van der Waals surface area contributed by atoms with Crippen LogP contribution in [0.5, 0.6) is 0 Å². The maximum atomic E-state index is 14.6. The molecule has 3 heterocycles. The van der Waals surface area contributed by atoms with Crippen LogP contribution in [-0.4, -0.2) is 22.1 Å². The lowest BCUT2D eigenvalue weighted by atomic mass is 9.86. The molecule has 0 unspecified atom stereocenters. The van der Waals surface area contributed by atoms with Crippen molar-refractivity contribution < 1.29 is 17.5 Å². The van der Waals surface area contributed by atoms with Gasteiger partial charge in [-0.1, -0.05) is 22.0 Å². The van der Waals surface area contributed by atoms with E-state index in [1.807, 2.05) is 0 Å². The molecule has 0 aliphatic carbocycles. The van der Waals surface area contributed by atoms with Crippen molar-refractivity contribution in [2.45, 2.75) is 0 Å². The quantitative estimate of drug-likeness (QED) is 0.675. The van der Waals surface area contributed by atoms with Gasteiger partial charge in [-0.2, -0.15) is 0 Å². The highest BCUT2D eigenvalue weighted by Gasteiger charge is 2.51. The van der Waals surface area contributed by atoms with Crippen molar-refractivity contribution in [2.75, 3.05) is 0 Å². The van der Waals surface area contributed by atoms with Crippen molar-refractivity contribution in [3.8, 4) is 0 Å². The number of hydrogen-bond donors (Lipinski definition) is 0. The molecule has 110 valence electrons. The summed E-state index contributed by atoms with van der Waals surface area (Å²) in [4.78, 5) is 0. The molecule has 0 atom stereocenters. The Balaban J connectivity index is 2.12. The van der Waals surface area contributed by atoms with E-state index in [1.165, 1.54) is 18.5 Å². The number of hydrogen-bond acceptors (Lipinski definition) is 0. The SMILES string of the molecule is Fc1cccc(Br)c1C1=C2C=CC=[N+]2[B-](F)(F)n2cccc21. The second kappa shape index (κ2) is 4.49. The summed E-state index contributed by atoms with van der Waals surface area (Å²) in [7, 11) is 0. The Morgan fingerprint density at radius 1 is 1.14 bits per heavy atom. The molecule has 0 fully saturated rings. The molecular formula is C15H9BBrF3N2. The third-order valence-corrected chi connectivity index (χ3v) is 4.61. The van der Waals surface area contributed by atoms with Crippen molar-refractivity contribution in [1.82, 2.24) is 4.48 Å². The van der Waals surface area contributed by atoms with E-state index in [0.29, 0.717) is 21.4 Å². The average molecular weight is 365 g/mol. The lowest BCUT2D eigenvalue weighted by molar-refractivity contribution is -0.356. The molecular weight excluding hydrogens is 356 g/mol. The minimum Gasteiger partial charge on any atom is -0.396 e. The summed E-state index contributed by atoms with van der Waals surface area (Å²) in [6.45, 7) is -3.96. The molecule has 2 nitrogen and oxygen atoms in total. The summed E-state index contributed by atoms with van der Waals surface area (Å²) < 4.78 is 46.0. The van der Waals surface area contributed by atoms with Crippen LogP contribution < -0.4 is 0 Å². The van der Waals surface area contributed by atoms with Gasteiger partial charge in [-0.3, -0.25) is 0 Å². The molecule has 1 aromatic carbocycles. The van der Waals surface area contributed by atoms with Gasteiger partial charge in [0.15, 0.2) is 5.70 Å². The first-order chi connectivity index (χ1) is 10.5. The van der Waals surface area contributed by atoms with E-state index in [-0.39, 0.29) is 5.56 Å². The number of nitrogens with zero attached hydrogens (tertiary/aromatic N) is 2. The molecule has 0 spiro atoms. The van der Waals surface area contributed by atoms with Crippen LogP contribution in [-0.2, 0) is 0 Å². The molecule has 0 saturated carbocycles. The van der Waals surface area contributed by atoms with Gasteiger partial charge < -0.3 is 17.6 Å². The minimum absolute atomic E-state index is 0.286. The Hall–Kier alpha value is -2.02. The van der Waals surface area contributed by atoms with E-state index >= 15 is 0 Å². The van der Waals surface area contributed by atoms with Gasteiger partial charge in [-0.05, 0) is 30.5 Å². The molecule has 2 aromatic rings. The topological polar surface area (TPSA) is 7.94 Å². The van der Waals surface area contributed by atoms with Crippen LogP contribution in [0.3, 0.4) is 0 Å². The zero-order chi connectivity index (χ0) is 15.5. The van der Waals surface area contributed by atoms with Gasteiger partial charge in [0.25, 0.3) is 0 Å². The molecule has 0 bridgehead atoms. The summed E-state index contributed by atoms with van der Waals surface area (Å²) in [5.41, 5.74) is 1.35. The van der Waals surface area contributed by atoms with Crippen LogP contribution in [0, 0.1) is 5.82 Å². The van der Waals surface area contributed by atoms with Crippen molar-refractivity contribution in [1.29, 1.82) is 0 Å². The number of halogens is 4. The van der Waals surface area contributed by atoms with Gasteiger partial charge in [-0.25, -0.2) is 4.39 Å². The van der Waals surface area contributed by atoms with E-state index in [4.69, 9.17) is 0 Å². The third-order valence-electron chi connectivity index (χ3n) is 3.95. The Morgan fingerprint density at radius 2 is 1.95 bits per heavy atom. The number of allylic oxidation sites excluding steroid dienone is 2. The number of rotatable bonds is 1. The van der Waals surface area contributed by atoms with Gasteiger partial charge in [-0.15, -0.1) is 0 Å². The fourth-order valence-electron chi connectivity index (χ4n) is 3.01. The van der Waals surface area contributed by atoms with Crippen molar-refractivity contribution in [2.24, 2.45) is 0 Å². The first-order valence-electron chi connectivity index (χ1n) is 6.70. The lowest BCUT2D eigenvalue weighted by Gasteiger charge is -2.31. The average Bonchev–Trinajstić information content (AvgIpc) is 3.11. The van der Waals surface area contributed by atoms with Crippen molar-refractivity contribution in [3.05, 3.63) is 75.9 Å². The maximum Gasteiger partial charge on any atom is 0.737 e. The Labute approximate surface area is 133 Å². The molecule has 0 N–H and O–H groups in total. The predicted octanol–water partition coefficient (Wildman–Crippen LogP) is 4.04. The third kappa shape index (κ3) is 1.66. The first-order valence-corrected chi connectivity index (χ1v) is 7.49. The largest absolute Gasteiger partial charge is 0.737 e. The van der Waals surface area contributed by atoms with Crippen LogP contribution in [0.4, 0.5) is 13.0 Å². The summed E-state index contributed by atoms with van der Waals surface area (Å²) in [5, 5.41) is 0. The Bertz CT molecular complexity index is 876. The normalized spacial score (nSPS) is 18.3. The minimum atomic E-state index is -3.96. The van der Waals surface area contributed by atoms with Crippen LogP contribution in [0.1, 0.15) is 11.3 Å². The summed E-state index contributed by atoms with van der Waals surface area (Å²) in [6.07, 6.45) is 5.78. The van der Waals surface area contributed by atoms with Gasteiger partial charge in [0, 0.05) is 27.9 Å².